The number of aryl methyl sites for hydroxylation is 1. The Morgan fingerprint density at radius 3 is 2.50 bits per heavy atom. The number of halogens is 5. The third kappa shape index (κ3) is 9.95. The van der Waals surface area contributed by atoms with Crippen molar-refractivity contribution in [3.8, 4) is 11.8 Å². The van der Waals surface area contributed by atoms with Crippen LogP contribution in [-0.4, -0.2) is 100 Å². The zero-order valence-corrected chi connectivity index (χ0v) is 34.8. The minimum absolute atomic E-state index is 0. The fraction of sp³-hybridized carbons (Fsp3) is 0.425. The van der Waals surface area contributed by atoms with Crippen molar-refractivity contribution in [3.63, 3.8) is 0 Å². The molecule has 0 aliphatic carbocycles. The van der Waals surface area contributed by atoms with Crippen molar-refractivity contribution in [2.45, 2.75) is 70.8 Å². The Balaban J connectivity index is 0.00000683. The van der Waals surface area contributed by atoms with E-state index in [0.717, 1.165) is 16.7 Å². The zero-order valence-electron chi connectivity index (χ0n) is 33.2. The Kier molecular flexibility index (Phi) is 14.0. The van der Waals surface area contributed by atoms with Gasteiger partial charge in [-0.3, -0.25) is 39.2 Å². The molecule has 0 saturated carbocycles. The summed E-state index contributed by atoms with van der Waals surface area (Å²) in [5.74, 6) is -1.70. The molecular formula is C40H44ClF4N9O5S. The largest absolute Gasteiger partial charge is 0.492 e. The first-order valence-corrected chi connectivity index (χ1v) is 19.4. The van der Waals surface area contributed by atoms with E-state index in [2.05, 4.69) is 25.8 Å². The molecule has 2 aromatic carbocycles. The second-order valence-corrected chi connectivity index (χ2v) is 15.4. The van der Waals surface area contributed by atoms with Gasteiger partial charge in [-0.1, -0.05) is 6.92 Å². The second kappa shape index (κ2) is 18.5. The van der Waals surface area contributed by atoms with Crippen molar-refractivity contribution in [2.75, 3.05) is 59.8 Å². The molecule has 3 aromatic rings. The molecule has 14 nitrogen and oxygen atoms in total. The number of amides is 4. The number of hydrogen-bond donors (Lipinski definition) is 3. The Bertz CT molecular complexity index is 2220. The van der Waals surface area contributed by atoms with Crippen LogP contribution in [0, 0.1) is 17.1 Å². The average Bonchev–Trinajstić information content (AvgIpc) is 3.34. The highest BCUT2D eigenvalue weighted by Gasteiger charge is 2.51. The minimum atomic E-state index is -4.87. The topological polar surface area (TPSA) is 163 Å². The van der Waals surface area contributed by atoms with Gasteiger partial charge >= 0.3 is 6.18 Å². The number of ether oxygens (including phenoxy) is 1. The van der Waals surface area contributed by atoms with Crippen LogP contribution in [0.4, 0.5) is 40.3 Å². The van der Waals surface area contributed by atoms with Crippen LogP contribution in [0.3, 0.4) is 0 Å². The Hall–Kier alpha value is -5.42. The van der Waals surface area contributed by atoms with E-state index in [4.69, 9.17) is 22.2 Å². The number of nitrogens with one attached hydrogen (secondary N) is 3. The van der Waals surface area contributed by atoms with Gasteiger partial charge in [-0.05, 0) is 93.9 Å². The number of piperazine rings is 1. The monoisotopic (exact) mass is 873 g/mol. The van der Waals surface area contributed by atoms with Crippen molar-refractivity contribution >= 4 is 76.1 Å². The lowest BCUT2D eigenvalue weighted by Gasteiger charge is -2.39. The Labute approximate surface area is 355 Å². The molecular weight excluding hydrogens is 830 g/mol. The number of rotatable bonds is 12. The van der Waals surface area contributed by atoms with Crippen LogP contribution in [0.15, 0.2) is 48.7 Å². The summed E-state index contributed by atoms with van der Waals surface area (Å²) in [5.41, 5.74) is -1.62. The Morgan fingerprint density at radius 2 is 1.83 bits per heavy atom. The van der Waals surface area contributed by atoms with E-state index in [1.54, 1.807) is 30.9 Å². The molecule has 0 spiro atoms. The number of anilines is 4. The lowest BCUT2D eigenvalue weighted by Crippen LogP contribution is -2.54. The first-order valence-electron chi connectivity index (χ1n) is 19.0. The van der Waals surface area contributed by atoms with Gasteiger partial charge in [-0.25, -0.2) is 9.37 Å². The number of carbonyl (C=O) groups excluding carboxylic acids is 4. The van der Waals surface area contributed by atoms with Gasteiger partial charge in [0.15, 0.2) is 10.8 Å². The first kappa shape index (κ1) is 45.7. The van der Waals surface area contributed by atoms with Gasteiger partial charge < -0.3 is 20.3 Å². The molecule has 3 aliphatic heterocycles. The molecule has 0 radical (unpaired) electrons. The molecule has 3 aliphatic rings. The zero-order chi connectivity index (χ0) is 42.8. The van der Waals surface area contributed by atoms with Crippen LogP contribution in [0.5, 0.6) is 5.75 Å². The molecule has 4 heterocycles. The number of pyridine rings is 1. The van der Waals surface area contributed by atoms with E-state index in [-0.39, 0.29) is 66.1 Å². The maximum absolute atomic E-state index is 14.4. The van der Waals surface area contributed by atoms with Crippen LogP contribution in [0.25, 0.3) is 0 Å². The number of aromatic nitrogens is 1. The molecule has 0 bridgehead atoms. The number of piperidine rings is 1. The lowest BCUT2D eigenvalue weighted by molar-refractivity contribution is -0.138. The second-order valence-electron chi connectivity index (χ2n) is 15.1. The van der Waals surface area contributed by atoms with Crippen molar-refractivity contribution in [3.05, 3.63) is 71.3 Å². The van der Waals surface area contributed by atoms with E-state index in [0.29, 0.717) is 62.4 Å². The number of hydrogen-bond acceptors (Lipinski definition) is 11. The van der Waals surface area contributed by atoms with Gasteiger partial charge in [0.25, 0.3) is 5.91 Å². The van der Waals surface area contributed by atoms with E-state index in [1.165, 1.54) is 24.3 Å². The first-order chi connectivity index (χ1) is 27.9. The minimum Gasteiger partial charge on any atom is -0.492 e. The van der Waals surface area contributed by atoms with E-state index >= 15 is 0 Å². The van der Waals surface area contributed by atoms with Gasteiger partial charge in [0.1, 0.15) is 35.8 Å². The van der Waals surface area contributed by atoms with E-state index in [1.807, 2.05) is 24.8 Å². The number of imide groups is 1. The fourth-order valence-corrected chi connectivity index (χ4v) is 7.94. The molecule has 2 unspecified atom stereocenters. The molecule has 6 rings (SSSR count). The smallest absolute Gasteiger partial charge is 0.419 e. The number of nitriles is 1. The van der Waals surface area contributed by atoms with Crippen LogP contribution < -0.4 is 30.5 Å². The van der Waals surface area contributed by atoms with Crippen molar-refractivity contribution in [1.82, 2.24) is 20.1 Å². The van der Waals surface area contributed by atoms with Gasteiger partial charge in [0.2, 0.25) is 17.7 Å². The van der Waals surface area contributed by atoms with E-state index < -0.39 is 46.6 Å². The van der Waals surface area contributed by atoms with Gasteiger partial charge in [-0.15, -0.1) is 12.4 Å². The summed E-state index contributed by atoms with van der Waals surface area (Å²) in [6.45, 7) is 10.2. The number of nitrogens with zero attached hydrogens (tertiary/aromatic N) is 6. The van der Waals surface area contributed by atoms with Gasteiger partial charge in [0, 0.05) is 55.7 Å². The molecule has 60 heavy (non-hydrogen) atoms. The van der Waals surface area contributed by atoms with Crippen LogP contribution in [-0.2, 0) is 31.8 Å². The number of benzene rings is 2. The molecule has 3 saturated heterocycles. The molecule has 3 fully saturated rings. The quantitative estimate of drug-likeness (QED) is 0.123. The van der Waals surface area contributed by atoms with Crippen LogP contribution in [0.1, 0.15) is 57.4 Å². The standard InChI is InChI=1S/C40H43F4N9O5S.ClH/c1-5-24-14-28(53-38(59)52(37(57)39(53,3)4)29-18-30(40(42,43)44)32(19-45)46-20-29)6-8-33(24)58-13-12-50-10-11-51(23(2)21-50)22-35(55)48-27-16-25(41)15-26(17-27)47-31-7-9-34(54)49-36(31)56;/h6,8,14-18,20,23,31,47H,5,7,9-13,21-22H2,1-4H3,(H,48,55)(H,49,54,56);1H. The molecule has 2 atom stereocenters. The molecule has 20 heteroatoms. The third-order valence-corrected chi connectivity index (χ3v) is 10.9. The highest BCUT2D eigenvalue weighted by atomic mass is 35.5. The predicted molar refractivity (Wildman–Crippen MR) is 221 cm³/mol. The maximum Gasteiger partial charge on any atom is 0.419 e. The van der Waals surface area contributed by atoms with Gasteiger partial charge in [-0.2, -0.15) is 18.4 Å². The number of carbonyl (C=O) groups is 4. The van der Waals surface area contributed by atoms with Crippen molar-refractivity contribution in [1.29, 1.82) is 5.26 Å². The summed E-state index contributed by atoms with van der Waals surface area (Å²) in [6.07, 6.45) is -2.83. The SMILES string of the molecule is CCc1cc(N2C(=S)N(c3cnc(C#N)c(C(F)(F)F)c3)C(=O)C2(C)C)ccc1OCCN1CCN(CC(=O)Nc2cc(F)cc(NC3CCC(=O)NC3=O)c2)C(C)C1.Cl. The summed E-state index contributed by atoms with van der Waals surface area (Å²) >= 11 is 5.67. The highest BCUT2D eigenvalue weighted by molar-refractivity contribution is 7.81. The third-order valence-electron chi connectivity index (χ3n) is 10.5. The summed E-state index contributed by atoms with van der Waals surface area (Å²) in [4.78, 5) is 60.8. The van der Waals surface area contributed by atoms with Crippen molar-refractivity contribution < 1.29 is 41.5 Å². The van der Waals surface area contributed by atoms with Gasteiger partial charge in [0.05, 0.1) is 24.0 Å². The molecule has 1 aromatic heterocycles. The van der Waals surface area contributed by atoms with Crippen molar-refractivity contribution in [2.24, 2.45) is 0 Å². The lowest BCUT2D eigenvalue weighted by atomic mass is 10.0. The summed E-state index contributed by atoms with van der Waals surface area (Å²) in [7, 11) is 0. The molecule has 3 N–H and O–H groups in total. The highest BCUT2D eigenvalue weighted by Crippen LogP contribution is 2.40. The molecule has 4 amide bonds. The summed E-state index contributed by atoms with van der Waals surface area (Å²) in [6, 6.07) is 10.8. The molecule has 320 valence electrons. The summed E-state index contributed by atoms with van der Waals surface area (Å²) in [5, 5.41) is 17.1. The van der Waals surface area contributed by atoms with Crippen LogP contribution in [0.2, 0.25) is 0 Å². The Morgan fingerprint density at radius 1 is 1.10 bits per heavy atom. The number of thiocarbonyl (C=S) groups is 1. The van der Waals surface area contributed by atoms with Crippen LogP contribution >= 0.6 is 24.6 Å². The summed E-state index contributed by atoms with van der Waals surface area (Å²) < 4.78 is 61.9. The maximum atomic E-state index is 14.4. The fourth-order valence-electron chi connectivity index (χ4n) is 7.42. The average molecular weight is 874 g/mol. The normalized spacial score (nSPS) is 19.7. The van der Waals surface area contributed by atoms with E-state index in [9.17, 15) is 36.7 Å². The number of alkyl halides is 3. The predicted octanol–water partition coefficient (Wildman–Crippen LogP) is 5.25.